The Hall–Kier alpha value is -2.22. The van der Waals surface area contributed by atoms with Crippen LogP contribution < -0.4 is 0 Å². The number of carbonyl (C=O) groups is 1. The molecule has 0 radical (unpaired) electrons. The molecule has 0 saturated carbocycles. The van der Waals surface area contributed by atoms with Crippen molar-refractivity contribution in [3.8, 4) is 16.9 Å². The van der Waals surface area contributed by atoms with E-state index >= 15 is 0 Å². The van der Waals surface area contributed by atoms with Crippen molar-refractivity contribution in [1.82, 2.24) is 14.7 Å². The highest BCUT2D eigenvalue weighted by molar-refractivity contribution is 9.10. The molecule has 1 fully saturated rings. The SMILES string of the molecule is CCC(C)N1C(=O)/C(=C\c2cn(-c3ccccc3)nc2-c2ccc(Br)cc2)SC1=S. The van der Waals surface area contributed by atoms with Gasteiger partial charge in [-0.2, -0.15) is 5.10 Å². The molecule has 1 atom stereocenters. The van der Waals surface area contributed by atoms with Gasteiger partial charge in [-0.3, -0.25) is 9.69 Å². The lowest BCUT2D eigenvalue weighted by Crippen LogP contribution is -2.36. The zero-order chi connectivity index (χ0) is 21.3. The summed E-state index contributed by atoms with van der Waals surface area (Å²) in [6, 6.07) is 18.0. The van der Waals surface area contributed by atoms with Crippen LogP contribution in [0.3, 0.4) is 0 Å². The van der Waals surface area contributed by atoms with Crippen molar-refractivity contribution in [3.63, 3.8) is 0 Å². The minimum absolute atomic E-state index is 0.0337. The molecule has 1 aromatic heterocycles. The van der Waals surface area contributed by atoms with Gasteiger partial charge in [-0.05, 0) is 43.7 Å². The van der Waals surface area contributed by atoms with Crippen LogP contribution in [-0.2, 0) is 4.79 Å². The average molecular weight is 498 g/mol. The van der Waals surface area contributed by atoms with Crippen LogP contribution in [0.4, 0.5) is 0 Å². The van der Waals surface area contributed by atoms with E-state index in [0.717, 1.165) is 33.4 Å². The quantitative estimate of drug-likeness (QED) is 0.306. The van der Waals surface area contributed by atoms with Crippen LogP contribution in [0, 0.1) is 0 Å². The zero-order valence-corrected chi connectivity index (χ0v) is 19.8. The lowest BCUT2D eigenvalue weighted by molar-refractivity contribution is -0.123. The zero-order valence-electron chi connectivity index (χ0n) is 16.6. The number of hydrogen-bond donors (Lipinski definition) is 0. The molecule has 3 aromatic rings. The molecule has 1 unspecified atom stereocenters. The topological polar surface area (TPSA) is 38.1 Å². The molecule has 0 spiro atoms. The van der Waals surface area contributed by atoms with Crippen molar-refractivity contribution in [3.05, 3.63) is 75.7 Å². The van der Waals surface area contributed by atoms with Gasteiger partial charge in [-0.25, -0.2) is 4.68 Å². The standard InChI is InChI=1S/C23H20BrN3OS2/c1-3-15(2)27-22(28)20(30-23(27)29)13-17-14-26(19-7-5-4-6-8-19)25-21(17)16-9-11-18(24)12-10-16/h4-15H,3H2,1-2H3/b20-13+. The van der Waals surface area contributed by atoms with Crippen molar-refractivity contribution in [2.45, 2.75) is 26.3 Å². The van der Waals surface area contributed by atoms with Gasteiger partial charge in [0.2, 0.25) is 0 Å². The van der Waals surface area contributed by atoms with E-state index in [1.165, 1.54) is 11.8 Å². The van der Waals surface area contributed by atoms with Crippen molar-refractivity contribution < 1.29 is 4.79 Å². The maximum atomic E-state index is 13.0. The Balaban J connectivity index is 1.79. The van der Waals surface area contributed by atoms with Gasteiger partial charge in [0.25, 0.3) is 5.91 Å². The minimum Gasteiger partial charge on any atom is -0.290 e. The van der Waals surface area contributed by atoms with Crippen LogP contribution in [0.25, 0.3) is 23.0 Å². The predicted octanol–water partition coefficient (Wildman–Crippen LogP) is 6.30. The van der Waals surface area contributed by atoms with E-state index in [2.05, 4.69) is 22.9 Å². The Morgan fingerprint density at radius 1 is 1.17 bits per heavy atom. The fourth-order valence-electron chi connectivity index (χ4n) is 3.22. The number of benzene rings is 2. The third-order valence-electron chi connectivity index (χ3n) is 5.02. The highest BCUT2D eigenvalue weighted by Crippen LogP contribution is 2.36. The van der Waals surface area contributed by atoms with E-state index in [1.54, 1.807) is 4.90 Å². The normalized spacial score (nSPS) is 16.5. The number of nitrogens with zero attached hydrogens (tertiary/aromatic N) is 3. The Bertz CT molecular complexity index is 1120. The van der Waals surface area contributed by atoms with E-state index in [4.69, 9.17) is 17.3 Å². The Morgan fingerprint density at radius 3 is 2.53 bits per heavy atom. The predicted molar refractivity (Wildman–Crippen MR) is 131 cm³/mol. The van der Waals surface area contributed by atoms with E-state index in [-0.39, 0.29) is 11.9 Å². The van der Waals surface area contributed by atoms with Gasteiger partial charge in [0.15, 0.2) is 0 Å². The van der Waals surface area contributed by atoms with Crippen LogP contribution >= 0.6 is 39.9 Å². The first-order chi connectivity index (χ1) is 14.5. The summed E-state index contributed by atoms with van der Waals surface area (Å²) in [6.45, 7) is 4.08. The number of amides is 1. The number of hydrogen-bond acceptors (Lipinski definition) is 4. The summed E-state index contributed by atoms with van der Waals surface area (Å²) in [7, 11) is 0. The average Bonchev–Trinajstić information content (AvgIpc) is 3.30. The highest BCUT2D eigenvalue weighted by Gasteiger charge is 2.35. The van der Waals surface area contributed by atoms with Crippen LogP contribution in [0.5, 0.6) is 0 Å². The molecule has 0 bridgehead atoms. The van der Waals surface area contributed by atoms with E-state index < -0.39 is 0 Å². The number of thiocarbonyl (C=S) groups is 1. The van der Waals surface area contributed by atoms with Crippen LogP contribution in [0.15, 0.2) is 70.2 Å². The Morgan fingerprint density at radius 2 is 1.87 bits per heavy atom. The smallest absolute Gasteiger partial charge is 0.266 e. The molecule has 2 heterocycles. The fourth-order valence-corrected chi connectivity index (χ4v) is 4.94. The fraction of sp³-hybridized carbons (Fsp3) is 0.174. The number of halogens is 1. The molecule has 0 N–H and O–H groups in total. The summed E-state index contributed by atoms with van der Waals surface area (Å²) in [4.78, 5) is 15.4. The van der Waals surface area contributed by atoms with Crippen molar-refractivity contribution >= 4 is 56.2 Å². The summed E-state index contributed by atoms with van der Waals surface area (Å²) >= 11 is 10.3. The number of rotatable bonds is 5. The molecule has 7 heteroatoms. The first kappa shape index (κ1) is 21.0. The second-order valence-corrected chi connectivity index (χ2v) is 9.62. The van der Waals surface area contributed by atoms with E-state index in [1.807, 2.05) is 78.5 Å². The number of para-hydroxylation sites is 1. The maximum Gasteiger partial charge on any atom is 0.266 e. The van der Waals surface area contributed by atoms with Crippen molar-refractivity contribution in [2.24, 2.45) is 0 Å². The molecule has 1 amide bonds. The van der Waals surface area contributed by atoms with Gasteiger partial charge < -0.3 is 0 Å². The largest absolute Gasteiger partial charge is 0.290 e. The summed E-state index contributed by atoms with van der Waals surface area (Å²) in [5.41, 5.74) is 3.64. The second-order valence-electron chi connectivity index (χ2n) is 7.03. The van der Waals surface area contributed by atoms with E-state index in [0.29, 0.717) is 9.23 Å². The molecule has 1 aliphatic rings. The summed E-state index contributed by atoms with van der Waals surface area (Å²) < 4.78 is 3.46. The summed E-state index contributed by atoms with van der Waals surface area (Å²) in [5.74, 6) is -0.0337. The van der Waals surface area contributed by atoms with Crippen molar-refractivity contribution in [2.75, 3.05) is 0 Å². The molecule has 4 nitrogen and oxygen atoms in total. The summed E-state index contributed by atoms with van der Waals surface area (Å²) in [6.07, 6.45) is 4.73. The third-order valence-corrected chi connectivity index (χ3v) is 6.88. The number of thioether (sulfide) groups is 1. The summed E-state index contributed by atoms with van der Waals surface area (Å²) in [5, 5.41) is 4.83. The molecule has 4 rings (SSSR count). The minimum atomic E-state index is -0.0337. The highest BCUT2D eigenvalue weighted by atomic mass is 79.9. The molecule has 1 saturated heterocycles. The van der Waals surface area contributed by atoms with Gasteiger partial charge in [-0.1, -0.05) is 77.2 Å². The van der Waals surface area contributed by atoms with Crippen molar-refractivity contribution in [1.29, 1.82) is 0 Å². The first-order valence-electron chi connectivity index (χ1n) is 9.66. The molecule has 2 aromatic carbocycles. The van der Waals surface area contributed by atoms with Gasteiger partial charge >= 0.3 is 0 Å². The number of carbonyl (C=O) groups excluding carboxylic acids is 1. The lowest BCUT2D eigenvalue weighted by Gasteiger charge is -2.21. The van der Waals surface area contributed by atoms with Gasteiger partial charge in [0.05, 0.1) is 16.3 Å². The molecule has 1 aliphatic heterocycles. The van der Waals surface area contributed by atoms with Crippen LogP contribution in [0.1, 0.15) is 25.8 Å². The molecular formula is C23H20BrN3OS2. The van der Waals surface area contributed by atoms with E-state index in [9.17, 15) is 4.79 Å². The monoisotopic (exact) mass is 497 g/mol. The second kappa shape index (κ2) is 8.88. The van der Waals surface area contributed by atoms with Gasteiger partial charge in [0, 0.05) is 27.8 Å². The molecule has 0 aliphatic carbocycles. The maximum absolute atomic E-state index is 13.0. The Labute approximate surface area is 194 Å². The Kier molecular flexibility index (Phi) is 6.22. The van der Waals surface area contributed by atoms with Crippen LogP contribution in [0.2, 0.25) is 0 Å². The molecule has 30 heavy (non-hydrogen) atoms. The van der Waals surface area contributed by atoms with Gasteiger partial charge in [-0.15, -0.1) is 0 Å². The lowest BCUT2D eigenvalue weighted by atomic mass is 10.1. The molecule has 152 valence electrons. The third kappa shape index (κ3) is 4.15. The number of aromatic nitrogens is 2. The molecular weight excluding hydrogens is 478 g/mol. The first-order valence-corrected chi connectivity index (χ1v) is 11.7. The van der Waals surface area contributed by atoms with Crippen LogP contribution in [-0.4, -0.2) is 30.9 Å². The van der Waals surface area contributed by atoms with Gasteiger partial charge in [0.1, 0.15) is 4.32 Å².